The highest BCUT2D eigenvalue weighted by molar-refractivity contribution is 5.74. The number of benzene rings is 1. The summed E-state index contributed by atoms with van der Waals surface area (Å²) in [5, 5.41) is 8.40. The van der Waals surface area contributed by atoms with Crippen molar-refractivity contribution >= 4 is 17.1 Å². The van der Waals surface area contributed by atoms with E-state index in [-0.39, 0.29) is 12.1 Å². The van der Waals surface area contributed by atoms with Crippen LogP contribution in [0.4, 0.5) is 5.95 Å². The van der Waals surface area contributed by atoms with E-state index >= 15 is 0 Å². The summed E-state index contributed by atoms with van der Waals surface area (Å²) in [4.78, 5) is 34.3. The van der Waals surface area contributed by atoms with Crippen molar-refractivity contribution in [2.45, 2.75) is 13.5 Å². The van der Waals surface area contributed by atoms with Crippen LogP contribution in [-0.4, -0.2) is 75.1 Å². The third kappa shape index (κ3) is 4.44. The Balaban J connectivity index is 1.80. The first-order valence-corrected chi connectivity index (χ1v) is 11.1. The second-order valence-electron chi connectivity index (χ2n) is 8.79. The monoisotopic (exact) mass is 482 g/mol. The lowest BCUT2D eigenvalue weighted by atomic mass is 10.1. The zero-order valence-electron chi connectivity index (χ0n) is 21.1. The van der Waals surface area contributed by atoms with Crippen LogP contribution in [0.25, 0.3) is 22.6 Å². The molecule has 0 aliphatic carbocycles. The quantitative estimate of drug-likeness (QED) is 0.360. The van der Waals surface area contributed by atoms with Crippen molar-refractivity contribution in [3.8, 4) is 17.2 Å². The molecule has 0 N–H and O–H groups in total. The third-order valence-electron chi connectivity index (χ3n) is 5.97. The van der Waals surface area contributed by atoms with Crippen molar-refractivity contribution in [2.75, 3.05) is 46.2 Å². The second kappa shape index (κ2) is 9.37. The van der Waals surface area contributed by atoms with Gasteiger partial charge in [0, 0.05) is 39.8 Å². The van der Waals surface area contributed by atoms with E-state index in [2.05, 4.69) is 20.1 Å². The van der Waals surface area contributed by atoms with Crippen LogP contribution >= 0.6 is 0 Å². The van der Waals surface area contributed by atoms with Crippen molar-refractivity contribution in [1.82, 2.24) is 33.8 Å². The van der Waals surface area contributed by atoms with Crippen LogP contribution in [-0.2, 0) is 20.6 Å². The first kappa shape index (κ1) is 24.2. The van der Waals surface area contributed by atoms with E-state index in [1.54, 1.807) is 18.7 Å². The van der Waals surface area contributed by atoms with Crippen LogP contribution in [0, 0.1) is 6.92 Å². The summed E-state index contributed by atoms with van der Waals surface area (Å²) in [6, 6.07) is 5.64. The van der Waals surface area contributed by atoms with Crippen molar-refractivity contribution in [2.24, 2.45) is 14.1 Å². The molecule has 4 aromatic rings. The van der Waals surface area contributed by atoms with Crippen molar-refractivity contribution < 1.29 is 9.15 Å². The zero-order valence-corrected chi connectivity index (χ0v) is 21.1. The van der Waals surface area contributed by atoms with Gasteiger partial charge in [-0.3, -0.25) is 18.5 Å². The molecule has 0 amide bonds. The van der Waals surface area contributed by atoms with Gasteiger partial charge in [-0.05, 0) is 38.7 Å². The molecule has 0 unspecified atom stereocenters. The van der Waals surface area contributed by atoms with Gasteiger partial charge in [-0.1, -0.05) is 6.07 Å². The minimum atomic E-state index is -0.442. The number of rotatable bonds is 8. The zero-order chi connectivity index (χ0) is 25.4. The third-order valence-corrected chi connectivity index (χ3v) is 5.97. The Kier molecular flexibility index (Phi) is 6.48. The number of hydrogen-bond donors (Lipinski definition) is 0. The molecule has 0 radical (unpaired) electrons. The van der Waals surface area contributed by atoms with Gasteiger partial charge in [0.15, 0.2) is 11.2 Å². The molecular formula is C23H30N8O4. The molecule has 0 saturated heterocycles. The lowest BCUT2D eigenvalue weighted by Gasteiger charge is -2.21. The summed E-state index contributed by atoms with van der Waals surface area (Å²) in [5.74, 6) is 1.89. The van der Waals surface area contributed by atoms with E-state index < -0.39 is 11.2 Å². The molecule has 12 nitrogen and oxygen atoms in total. The van der Waals surface area contributed by atoms with Crippen LogP contribution in [0.15, 0.2) is 32.2 Å². The molecule has 12 heteroatoms. The van der Waals surface area contributed by atoms with Gasteiger partial charge in [-0.15, -0.1) is 10.2 Å². The SMILES string of the molecule is COc1cc(-c2nnc(Cn3c(N(C)CCN(C)C)nc4c3c(=O)n(C)c(=O)n4C)o2)ccc1C. The fourth-order valence-electron chi connectivity index (χ4n) is 3.85. The van der Waals surface area contributed by atoms with E-state index in [4.69, 9.17) is 9.15 Å². The fourth-order valence-corrected chi connectivity index (χ4v) is 3.85. The van der Waals surface area contributed by atoms with Crippen molar-refractivity contribution in [1.29, 1.82) is 0 Å². The molecule has 0 spiro atoms. The molecule has 0 bridgehead atoms. The summed E-state index contributed by atoms with van der Waals surface area (Å²) in [7, 11) is 10.5. The number of hydrogen-bond acceptors (Lipinski definition) is 9. The average molecular weight is 483 g/mol. The Morgan fingerprint density at radius 2 is 1.80 bits per heavy atom. The van der Waals surface area contributed by atoms with Gasteiger partial charge in [0.2, 0.25) is 17.7 Å². The predicted octanol–water partition coefficient (Wildman–Crippen LogP) is 0.847. The second-order valence-corrected chi connectivity index (χ2v) is 8.79. The molecular weight excluding hydrogens is 452 g/mol. The van der Waals surface area contributed by atoms with Gasteiger partial charge in [0.05, 0.1) is 7.11 Å². The molecule has 1 aromatic carbocycles. The Labute approximate surface area is 202 Å². The van der Waals surface area contributed by atoms with Crippen molar-refractivity contribution in [3.05, 3.63) is 50.5 Å². The smallest absolute Gasteiger partial charge is 0.332 e. The van der Waals surface area contributed by atoms with E-state index in [1.165, 1.54) is 11.6 Å². The normalized spacial score (nSPS) is 11.5. The molecule has 0 saturated carbocycles. The van der Waals surface area contributed by atoms with E-state index in [0.717, 1.165) is 28.0 Å². The highest BCUT2D eigenvalue weighted by Crippen LogP contribution is 2.27. The number of anilines is 1. The summed E-state index contributed by atoms with van der Waals surface area (Å²) < 4.78 is 15.5. The summed E-state index contributed by atoms with van der Waals surface area (Å²) in [6.07, 6.45) is 0. The van der Waals surface area contributed by atoms with Crippen LogP contribution in [0.1, 0.15) is 11.5 Å². The minimum Gasteiger partial charge on any atom is -0.496 e. The predicted molar refractivity (Wildman–Crippen MR) is 132 cm³/mol. The molecule has 0 aliphatic heterocycles. The molecule has 3 heterocycles. The highest BCUT2D eigenvalue weighted by atomic mass is 16.5. The largest absolute Gasteiger partial charge is 0.496 e. The first-order valence-electron chi connectivity index (χ1n) is 11.1. The van der Waals surface area contributed by atoms with Gasteiger partial charge in [-0.25, -0.2) is 4.79 Å². The Hall–Kier alpha value is -3.93. The van der Waals surface area contributed by atoms with Crippen LogP contribution < -0.4 is 20.9 Å². The number of ether oxygens (including phenoxy) is 1. The maximum absolute atomic E-state index is 13.1. The standard InChI is InChI=1S/C23H30N8O4/c1-14-8-9-15(12-16(14)34-7)20-26-25-17(35-20)13-31-18-19(29(5)23(33)30(6)21(18)32)24-22(31)28(4)11-10-27(2)3/h8-9,12H,10-11,13H2,1-7H3. The molecule has 0 fully saturated rings. The van der Waals surface area contributed by atoms with Gasteiger partial charge < -0.3 is 19.0 Å². The number of aromatic nitrogens is 6. The first-order chi connectivity index (χ1) is 16.6. The number of likely N-dealkylation sites (N-methyl/N-ethyl adjacent to an activating group) is 2. The Morgan fingerprint density at radius 3 is 2.49 bits per heavy atom. The number of imidazole rings is 1. The summed E-state index contributed by atoms with van der Waals surface area (Å²) in [5.41, 5.74) is 1.43. The minimum absolute atomic E-state index is 0.113. The number of aryl methyl sites for hydroxylation is 2. The molecule has 0 aliphatic rings. The van der Waals surface area contributed by atoms with Gasteiger partial charge in [0.1, 0.15) is 12.3 Å². The van der Waals surface area contributed by atoms with Gasteiger partial charge >= 0.3 is 5.69 Å². The Morgan fingerprint density at radius 1 is 1.06 bits per heavy atom. The van der Waals surface area contributed by atoms with Crippen LogP contribution in [0.3, 0.4) is 0 Å². The van der Waals surface area contributed by atoms with E-state index in [0.29, 0.717) is 29.9 Å². The summed E-state index contributed by atoms with van der Waals surface area (Å²) in [6.45, 7) is 3.50. The average Bonchev–Trinajstić information content (AvgIpc) is 3.45. The molecule has 186 valence electrons. The van der Waals surface area contributed by atoms with E-state index in [9.17, 15) is 9.59 Å². The van der Waals surface area contributed by atoms with E-state index in [1.807, 2.05) is 51.2 Å². The van der Waals surface area contributed by atoms with Crippen LogP contribution in [0.2, 0.25) is 0 Å². The molecule has 35 heavy (non-hydrogen) atoms. The van der Waals surface area contributed by atoms with Crippen LogP contribution in [0.5, 0.6) is 5.75 Å². The maximum Gasteiger partial charge on any atom is 0.332 e. The number of fused-ring (bicyclic) bond motifs is 1. The number of nitrogens with zero attached hydrogens (tertiary/aromatic N) is 8. The lowest BCUT2D eigenvalue weighted by Crippen LogP contribution is -2.37. The molecule has 3 aromatic heterocycles. The van der Waals surface area contributed by atoms with Gasteiger partial charge in [-0.2, -0.15) is 4.98 Å². The number of methoxy groups -OCH3 is 1. The van der Waals surface area contributed by atoms with Crippen molar-refractivity contribution in [3.63, 3.8) is 0 Å². The molecule has 0 atom stereocenters. The highest BCUT2D eigenvalue weighted by Gasteiger charge is 2.23. The topological polar surface area (TPSA) is 116 Å². The maximum atomic E-state index is 13.1. The summed E-state index contributed by atoms with van der Waals surface area (Å²) >= 11 is 0. The molecule has 4 rings (SSSR count). The lowest BCUT2D eigenvalue weighted by molar-refractivity contribution is 0.411. The van der Waals surface area contributed by atoms with Gasteiger partial charge in [0.25, 0.3) is 5.56 Å². The fraction of sp³-hybridized carbons (Fsp3) is 0.435. The Bertz CT molecular complexity index is 1490.